The maximum absolute atomic E-state index is 13.3. The first-order valence-electron chi connectivity index (χ1n) is 6.89. The summed E-state index contributed by atoms with van der Waals surface area (Å²) in [6.45, 7) is 4.48. The van der Waals surface area contributed by atoms with Crippen LogP contribution < -0.4 is 0 Å². The molecular weight excluding hydrogens is 286 g/mol. The van der Waals surface area contributed by atoms with Gasteiger partial charge in [0, 0.05) is 18.2 Å². The smallest absolute Gasteiger partial charge is 0.335 e. The van der Waals surface area contributed by atoms with Gasteiger partial charge in [-0.05, 0) is 37.0 Å². The molecule has 1 saturated heterocycles. The van der Waals surface area contributed by atoms with E-state index in [9.17, 15) is 22.4 Å². The van der Waals surface area contributed by atoms with E-state index in [1.165, 1.54) is 0 Å². The fraction of sp³-hybridized carbons (Fsp3) is 0.533. The van der Waals surface area contributed by atoms with Crippen molar-refractivity contribution in [3.63, 3.8) is 0 Å². The van der Waals surface area contributed by atoms with Crippen molar-refractivity contribution in [2.45, 2.75) is 38.9 Å². The maximum atomic E-state index is 13.3. The van der Waals surface area contributed by atoms with Crippen LogP contribution in [0, 0.1) is 11.7 Å². The van der Waals surface area contributed by atoms with Gasteiger partial charge in [0.25, 0.3) is 5.91 Å². The normalized spacial score (nSPS) is 19.4. The van der Waals surface area contributed by atoms with Crippen LogP contribution >= 0.6 is 0 Å². The zero-order chi connectivity index (χ0) is 15.8. The van der Waals surface area contributed by atoms with Crippen molar-refractivity contribution in [2.75, 3.05) is 6.54 Å². The van der Waals surface area contributed by atoms with E-state index in [0.29, 0.717) is 18.7 Å². The number of hydrogen-bond donors (Lipinski definition) is 0. The molecule has 1 aromatic rings. The number of rotatable bonds is 2. The molecule has 0 aromatic heterocycles. The first-order chi connectivity index (χ1) is 9.71. The lowest BCUT2D eigenvalue weighted by Gasteiger charge is -2.28. The number of alkyl halides is 3. The van der Waals surface area contributed by atoms with Crippen LogP contribution in [0.25, 0.3) is 0 Å². The predicted molar refractivity (Wildman–Crippen MR) is 70.3 cm³/mol. The number of nitrogens with zero attached hydrogens (tertiary/aromatic N) is 1. The lowest BCUT2D eigenvalue weighted by Crippen LogP contribution is -2.38. The van der Waals surface area contributed by atoms with Crippen molar-refractivity contribution in [3.05, 3.63) is 35.1 Å². The molecule has 1 amide bonds. The molecule has 6 heteroatoms. The molecule has 0 saturated carbocycles. The molecule has 2 rings (SSSR count). The van der Waals surface area contributed by atoms with Gasteiger partial charge in [-0.2, -0.15) is 13.2 Å². The van der Waals surface area contributed by atoms with Crippen molar-refractivity contribution < 1.29 is 22.4 Å². The van der Waals surface area contributed by atoms with Gasteiger partial charge in [0.2, 0.25) is 0 Å². The number of likely N-dealkylation sites (tertiary alicyclic amines) is 1. The number of carbonyl (C=O) groups is 1. The van der Waals surface area contributed by atoms with E-state index in [0.717, 1.165) is 18.9 Å². The highest BCUT2D eigenvalue weighted by Gasteiger charge is 2.36. The zero-order valence-corrected chi connectivity index (χ0v) is 11.9. The molecule has 21 heavy (non-hydrogen) atoms. The molecule has 1 aliphatic heterocycles. The summed E-state index contributed by atoms with van der Waals surface area (Å²) in [6, 6.07) is 2.45. The van der Waals surface area contributed by atoms with Gasteiger partial charge in [-0.1, -0.05) is 13.8 Å². The summed E-state index contributed by atoms with van der Waals surface area (Å²) < 4.78 is 51.4. The van der Waals surface area contributed by atoms with E-state index in [1.54, 1.807) is 4.90 Å². The first kappa shape index (κ1) is 15.8. The average Bonchev–Trinajstić information content (AvgIpc) is 2.86. The van der Waals surface area contributed by atoms with Crippen LogP contribution in [-0.2, 0) is 6.18 Å². The molecule has 0 radical (unpaired) electrons. The Bertz CT molecular complexity index is 539. The van der Waals surface area contributed by atoms with Crippen LogP contribution in [0.2, 0.25) is 0 Å². The highest BCUT2D eigenvalue weighted by molar-refractivity contribution is 5.94. The standard InChI is InChI=1S/C15H17F4NO/c1-9(2)13-4-3-7-20(13)14(21)10-5-6-12(16)11(8-10)15(17,18)19/h5-6,8-9,13H,3-4,7H2,1-2H3. The van der Waals surface area contributed by atoms with Crippen LogP contribution in [0.3, 0.4) is 0 Å². The SMILES string of the molecule is CC(C)C1CCCN1C(=O)c1ccc(F)c(C(F)(F)F)c1. The zero-order valence-electron chi connectivity index (χ0n) is 11.9. The Labute approximate surface area is 120 Å². The van der Waals surface area contributed by atoms with E-state index in [2.05, 4.69) is 0 Å². The van der Waals surface area contributed by atoms with Crippen LogP contribution in [0.15, 0.2) is 18.2 Å². The number of halogens is 4. The Balaban J connectivity index is 2.32. The Morgan fingerprint density at radius 2 is 2.00 bits per heavy atom. The summed E-state index contributed by atoms with van der Waals surface area (Å²) in [6.07, 6.45) is -3.12. The van der Waals surface area contributed by atoms with E-state index in [-0.39, 0.29) is 17.5 Å². The van der Waals surface area contributed by atoms with Gasteiger partial charge in [0.15, 0.2) is 0 Å². The van der Waals surface area contributed by atoms with E-state index < -0.39 is 23.5 Å². The van der Waals surface area contributed by atoms with E-state index in [4.69, 9.17) is 0 Å². The van der Waals surface area contributed by atoms with Crippen molar-refractivity contribution in [1.82, 2.24) is 4.90 Å². The summed E-state index contributed by atoms with van der Waals surface area (Å²) in [5.41, 5.74) is -1.51. The molecule has 1 aromatic carbocycles. The van der Waals surface area contributed by atoms with Crippen LogP contribution in [0.4, 0.5) is 17.6 Å². The van der Waals surface area contributed by atoms with Crippen molar-refractivity contribution in [3.8, 4) is 0 Å². The van der Waals surface area contributed by atoms with Gasteiger partial charge in [-0.25, -0.2) is 4.39 Å². The average molecular weight is 303 g/mol. The molecule has 0 spiro atoms. The topological polar surface area (TPSA) is 20.3 Å². The molecule has 1 atom stereocenters. The van der Waals surface area contributed by atoms with Gasteiger partial charge in [0.1, 0.15) is 5.82 Å². The molecular formula is C15H17F4NO. The second-order valence-electron chi connectivity index (χ2n) is 5.64. The molecule has 1 heterocycles. The highest BCUT2D eigenvalue weighted by Crippen LogP contribution is 2.33. The molecule has 0 aliphatic carbocycles. The van der Waals surface area contributed by atoms with Crippen LogP contribution in [0.5, 0.6) is 0 Å². The highest BCUT2D eigenvalue weighted by atomic mass is 19.4. The Kier molecular flexibility index (Phi) is 4.25. The van der Waals surface area contributed by atoms with Gasteiger partial charge in [-0.3, -0.25) is 4.79 Å². The van der Waals surface area contributed by atoms with Gasteiger partial charge in [0.05, 0.1) is 5.56 Å². The maximum Gasteiger partial charge on any atom is 0.419 e. The minimum absolute atomic E-state index is 0.0249. The fourth-order valence-corrected chi connectivity index (χ4v) is 2.78. The van der Waals surface area contributed by atoms with Gasteiger partial charge >= 0.3 is 6.18 Å². The molecule has 1 fully saturated rings. The van der Waals surface area contributed by atoms with Crippen molar-refractivity contribution in [2.24, 2.45) is 5.92 Å². The van der Waals surface area contributed by atoms with Crippen molar-refractivity contribution >= 4 is 5.91 Å². The predicted octanol–water partition coefficient (Wildman–Crippen LogP) is 4.11. The quantitative estimate of drug-likeness (QED) is 0.753. The van der Waals surface area contributed by atoms with E-state index in [1.807, 2.05) is 13.8 Å². The first-order valence-corrected chi connectivity index (χ1v) is 6.89. The molecule has 1 unspecified atom stereocenters. The Morgan fingerprint density at radius 3 is 2.57 bits per heavy atom. The third-order valence-electron chi connectivity index (χ3n) is 3.85. The van der Waals surface area contributed by atoms with Crippen LogP contribution in [0.1, 0.15) is 42.6 Å². The minimum Gasteiger partial charge on any atom is -0.335 e. The number of benzene rings is 1. The summed E-state index contributed by atoms with van der Waals surface area (Å²) in [7, 11) is 0. The summed E-state index contributed by atoms with van der Waals surface area (Å²) >= 11 is 0. The lowest BCUT2D eigenvalue weighted by atomic mass is 10.0. The number of carbonyl (C=O) groups excluding carboxylic acids is 1. The summed E-state index contributed by atoms with van der Waals surface area (Å²) in [5, 5.41) is 0. The number of amides is 1. The third-order valence-corrected chi connectivity index (χ3v) is 3.85. The second kappa shape index (κ2) is 5.66. The second-order valence-corrected chi connectivity index (χ2v) is 5.64. The minimum atomic E-state index is -4.80. The molecule has 116 valence electrons. The van der Waals surface area contributed by atoms with E-state index >= 15 is 0 Å². The molecule has 2 nitrogen and oxygen atoms in total. The third kappa shape index (κ3) is 3.19. The van der Waals surface area contributed by atoms with Crippen molar-refractivity contribution in [1.29, 1.82) is 0 Å². The number of hydrogen-bond acceptors (Lipinski definition) is 1. The monoisotopic (exact) mass is 303 g/mol. The van der Waals surface area contributed by atoms with Gasteiger partial charge < -0.3 is 4.90 Å². The summed E-state index contributed by atoms with van der Waals surface area (Å²) in [5.74, 6) is -1.59. The molecule has 0 bridgehead atoms. The Morgan fingerprint density at radius 1 is 1.33 bits per heavy atom. The lowest BCUT2D eigenvalue weighted by molar-refractivity contribution is -0.140. The summed E-state index contributed by atoms with van der Waals surface area (Å²) in [4.78, 5) is 14.0. The largest absolute Gasteiger partial charge is 0.419 e. The fourth-order valence-electron chi connectivity index (χ4n) is 2.78. The van der Waals surface area contributed by atoms with Crippen LogP contribution in [-0.4, -0.2) is 23.4 Å². The Hall–Kier alpha value is -1.59. The molecule has 1 aliphatic rings. The molecule has 0 N–H and O–H groups in total. The van der Waals surface area contributed by atoms with Gasteiger partial charge in [-0.15, -0.1) is 0 Å².